The van der Waals surface area contributed by atoms with Crippen LogP contribution in [0.2, 0.25) is 0 Å². The second-order valence-corrected chi connectivity index (χ2v) is 7.05. The van der Waals surface area contributed by atoms with Gasteiger partial charge in [-0.15, -0.1) is 0 Å². The Morgan fingerprint density at radius 3 is 2.35 bits per heavy atom. The van der Waals surface area contributed by atoms with Crippen molar-refractivity contribution in [3.8, 4) is 0 Å². The number of nitrogens with zero attached hydrogens (tertiary/aromatic N) is 3. The maximum Gasteiger partial charge on any atom is 0.269 e. The van der Waals surface area contributed by atoms with Gasteiger partial charge in [-0.2, -0.15) is 0 Å². The SMILES string of the molecule is C[C@]1(c2ccc([N+](=O)[O-])cc2)NC(=S)N2[C@H]1NC(=S)N2c1ccccc1. The van der Waals surface area contributed by atoms with Crippen LogP contribution >= 0.6 is 24.4 Å². The quantitative estimate of drug-likeness (QED) is 0.475. The van der Waals surface area contributed by atoms with Gasteiger partial charge in [0, 0.05) is 12.1 Å². The van der Waals surface area contributed by atoms with Gasteiger partial charge in [0.1, 0.15) is 5.54 Å². The van der Waals surface area contributed by atoms with Crippen molar-refractivity contribution < 1.29 is 4.92 Å². The molecule has 0 amide bonds. The van der Waals surface area contributed by atoms with Crippen LogP contribution in [0.5, 0.6) is 0 Å². The van der Waals surface area contributed by atoms with Crippen molar-refractivity contribution in [2.24, 2.45) is 0 Å². The van der Waals surface area contributed by atoms with Crippen LogP contribution < -0.4 is 15.6 Å². The van der Waals surface area contributed by atoms with E-state index < -0.39 is 10.5 Å². The van der Waals surface area contributed by atoms with Gasteiger partial charge < -0.3 is 10.6 Å². The Morgan fingerprint density at radius 1 is 1.08 bits per heavy atom. The molecule has 0 unspecified atom stereocenters. The number of anilines is 1. The lowest BCUT2D eigenvalue weighted by Gasteiger charge is -2.30. The molecule has 26 heavy (non-hydrogen) atoms. The van der Waals surface area contributed by atoms with E-state index in [4.69, 9.17) is 24.4 Å². The van der Waals surface area contributed by atoms with E-state index in [0.717, 1.165) is 11.3 Å². The molecule has 0 bridgehead atoms. The number of rotatable bonds is 3. The van der Waals surface area contributed by atoms with Crippen LogP contribution in [0.3, 0.4) is 0 Å². The van der Waals surface area contributed by atoms with Crippen LogP contribution in [-0.4, -0.2) is 26.3 Å². The number of benzene rings is 2. The van der Waals surface area contributed by atoms with E-state index >= 15 is 0 Å². The summed E-state index contributed by atoms with van der Waals surface area (Å²) in [5.74, 6) is 0. The second kappa shape index (κ2) is 5.89. The Hall–Kier alpha value is -2.78. The Kier molecular flexibility index (Phi) is 3.78. The average Bonchev–Trinajstić information content (AvgIpc) is 3.11. The number of non-ortho nitro benzene ring substituents is 1. The van der Waals surface area contributed by atoms with Gasteiger partial charge in [-0.25, -0.2) is 10.0 Å². The fourth-order valence-corrected chi connectivity index (χ4v) is 4.07. The highest BCUT2D eigenvalue weighted by atomic mass is 32.1. The Morgan fingerprint density at radius 2 is 1.73 bits per heavy atom. The molecule has 2 N–H and O–H groups in total. The first kappa shape index (κ1) is 16.7. The third-order valence-corrected chi connectivity index (χ3v) is 5.29. The predicted molar refractivity (Wildman–Crippen MR) is 106 cm³/mol. The van der Waals surface area contributed by atoms with Gasteiger partial charge in [0.05, 0.1) is 10.6 Å². The summed E-state index contributed by atoms with van der Waals surface area (Å²) >= 11 is 11.1. The first-order chi connectivity index (χ1) is 12.4. The van der Waals surface area contributed by atoms with Gasteiger partial charge in [-0.1, -0.05) is 18.2 Å². The molecule has 0 spiro atoms. The maximum absolute atomic E-state index is 10.9. The first-order valence-electron chi connectivity index (χ1n) is 7.94. The molecule has 2 aliphatic rings. The highest BCUT2D eigenvalue weighted by Crippen LogP contribution is 2.38. The Labute approximate surface area is 160 Å². The summed E-state index contributed by atoms with van der Waals surface area (Å²) in [5.41, 5.74) is 1.24. The number of nitro groups is 1. The van der Waals surface area contributed by atoms with Crippen molar-refractivity contribution in [3.05, 3.63) is 70.3 Å². The zero-order valence-corrected chi connectivity index (χ0v) is 15.4. The van der Waals surface area contributed by atoms with Crippen LogP contribution in [0.15, 0.2) is 54.6 Å². The number of hydrazine groups is 1. The zero-order valence-electron chi connectivity index (χ0n) is 13.7. The smallest absolute Gasteiger partial charge is 0.269 e. The average molecular weight is 385 g/mol. The van der Waals surface area contributed by atoms with Crippen LogP contribution in [-0.2, 0) is 5.54 Å². The topological polar surface area (TPSA) is 73.7 Å². The van der Waals surface area contributed by atoms with E-state index in [1.54, 1.807) is 12.1 Å². The summed E-state index contributed by atoms with van der Waals surface area (Å²) in [6.07, 6.45) is -0.246. The minimum absolute atomic E-state index is 0.0515. The summed E-state index contributed by atoms with van der Waals surface area (Å²) in [5, 5.41) is 22.4. The molecule has 2 fully saturated rings. The molecule has 2 heterocycles. The monoisotopic (exact) mass is 385 g/mol. The highest BCUT2D eigenvalue weighted by Gasteiger charge is 2.55. The number of nitrogens with one attached hydrogen (secondary N) is 2. The summed E-state index contributed by atoms with van der Waals surface area (Å²) in [4.78, 5) is 10.5. The van der Waals surface area contributed by atoms with Gasteiger partial charge in [-0.05, 0) is 61.2 Å². The number of fused-ring (bicyclic) bond motifs is 1. The van der Waals surface area contributed by atoms with Gasteiger partial charge in [0.15, 0.2) is 16.4 Å². The predicted octanol–water partition coefficient (Wildman–Crippen LogP) is 2.64. The first-order valence-corrected chi connectivity index (χ1v) is 8.75. The molecule has 0 aromatic heterocycles. The van der Waals surface area contributed by atoms with E-state index in [1.165, 1.54) is 12.1 Å². The van der Waals surface area contributed by atoms with Crippen LogP contribution in [0.1, 0.15) is 12.5 Å². The number of para-hydroxylation sites is 1. The molecule has 0 radical (unpaired) electrons. The molecule has 2 aliphatic heterocycles. The van der Waals surface area contributed by atoms with Crippen molar-refractivity contribution in [3.63, 3.8) is 0 Å². The number of thiocarbonyl (C=S) groups is 2. The van der Waals surface area contributed by atoms with Crippen molar-refractivity contribution in [2.45, 2.75) is 18.6 Å². The third kappa shape index (κ3) is 2.39. The lowest BCUT2D eigenvalue weighted by atomic mass is 9.90. The molecule has 7 nitrogen and oxygen atoms in total. The molecule has 132 valence electrons. The summed E-state index contributed by atoms with van der Waals surface area (Å²) in [7, 11) is 0. The Bertz CT molecular complexity index is 905. The second-order valence-electron chi connectivity index (χ2n) is 6.28. The van der Waals surface area contributed by atoms with Gasteiger partial charge in [-0.3, -0.25) is 10.1 Å². The molecular formula is C17H15N5O2S2. The molecule has 2 atom stereocenters. The molecule has 2 aromatic rings. The lowest BCUT2D eigenvalue weighted by molar-refractivity contribution is -0.384. The van der Waals surface area contributed by atoms with E-state index in [9.17, 15) is 10.1 Å². The van der Waals surface area contributed by atoms with Crippen molar-refractivity contribution in [1.29, 1.82) is 0 Å². The molecule has 4 rings (SSSR count). The Balaban J connectivity index is 1.72. The van der Waals surface area contributed by atoms with E-state index in [-0.39, 0.29) is 11.9 Å². The molecule has 9 heteroatoms. The van der Waals surface area contributed by atoms with Crippen molar-refractivity contribution >= 4 is 46.0 Å². The number of nitro benzene ring substituents is 1. The summed E-state index contributed by atoms with van der Waals surface area (Å²) < 4.78 is 0. The van der Waals surface area contributed by atoms with Gasteiger partial charge in [0.25, 0.3) is 5.69 Å². The molecule has 2 aromatic carbocycles. The van der Waals surface area contributed by atoms with Crippen LogP contribution in [0, 0.1) is 10.1 Å². The number of hydrogen-bond acceptors (Lipinski definition) is 4. The molecular weight excluding hydrogens is 370 g/mol. The number of hydrogen-bond donors (Lipinski definition) is 2. The molecule has 0 saturated carbocycles. The minimum Gasteiger partial charge on any atom is -0.348 e. The van der Waals surface area contributed by atoms with Crippen LogP contribution in [0.25, 0.3) is 0 Å². The largest absolute Gasteiger partial charge is 0.348 e. The summed E-state index contributed by atoms with van der Waals surface area (Å²) in [6.45, 7) is 2.00. The standard InChI is InChI=1S/C17H15N5O2S2/c1-17(11-7-9-13(10-8-11)22(23)24)14-18-15(25)20(21(14)16(26)19-17)12-5-3-2-4-6-12/h2-10,14H,1H3,(H,18,25)(H,19,26)/t14-,17-/m1/s1. The normalized spacial score (nSPS) is 24.3. The van der Waals surface area contributed by atoms with Crippen LogP contribution in [0.4, 0.5) is 11.4 Å². The van der Waals surface area contributed by atoms with Gasteiger partial charge >= 0.3 is 0 Å². The summed E-state index contributed by atoms with van der Waals surface area (Å²) in [6, 6.07) is 16.2. The fourth-order valence-electron chi connectivity index (χ4n) is 3.37. The van der Waals surface area contributed by atoms with E-state index in [1.807, 2.05) is 47.3 Å². The maximum atomic E-state index is 10.9. The van der Waals surface area contributed by atoms with E-state index in [2.05, 4.69) is 10.6 Å². The fraction of sp³-hybridized carbons (Fsp3) is 0.176. The molecule has 2 saturated heterocycles. The van der Waals surface area contributed by atoms with Crippen molar-refractivity contribution in [1.82, 2.24) is 15.6 Å². The minimum atomic E-state index is -0.597. The van der Waals surface area contributed by atoms with Gasteiger partial charge in [0.2, 0.25) is 0 Å². The van der Waals surface area contributed by atoms with E-state index in [0.29, 0.717) is 10.2 Å². The third-order valence-electron chi connectivity index (χ3n) is 4.71. The highest BCUT2D eigenvalue weighted by molar-refractivity contribution is 7.81. The lowest BCUT2D eigenvalue weighted by Crippen LogP contribution is -2.49. The zero-order chi connectivity index (χ0) is 18.5. The molecule has 0 aliphatic carbocycles. The van der Waals surface area contributed by atoms with Crippen molar-refractivity contribution in [2.75, 3.05) is 5.01 Å².